The molecule has 0 aliphatic rings. The Morgan fingerprint density at radius 3 is 2.62 bits per heavy atom. The smallest absolute Gasteiger partial charge is 0.128 e. The van der Waals surface area contributed by atoms with Gasteiger partial charge in [0.05, 0.1) is 6.61 Å². The van der Waals surface area contributed by atoms with Crippen molar-refractivity contribution in [3.63, 3.8) is 0 Å². The molecule has 1 nitrogen and oxygen atoms in total. The van der Waals surface area contributed by atoms with Crippen LogP contribution in [0.3, 0.4) is 0 Å². The Hall–Kier alpha value is -0.890. The van der Waals surface area contributed by atoms with Crippen molar-refractivity contribution >= 4 is 0 Å². The van der Waals surface area contributed by atoms with Crippen molar-refractivity contribution in [1.29, 1.82) is 0 Å². The molecule has 0 N–H and O–H groups in total. The van der Waals surface area contributed by atoms with Crippen LogP contribution in [0.1, 0.15) is 30.9 Å². The summed E-state index contributed by atoms with van der Waals surface area (Å²) >= 11 is 0. The molecule has 2 heteroatoms. The number of ether oxygens (including phenoxy) is 1. The number of hydrogen-bond acceptors (Lipinski definition) is 1. The third-order valence-electron chi connectivity index (χ3n) is 2.04. The van der Waals surface area contributed by atoms with Gasteiger partial charge < -0.3 is 4.74 Å². The highest BCUT2D eigenvalue weighted by Crippen LogP contribution is 2.18. The van der Waals surface area contributed by atoms with Gasteiger partial charge in [0.1, 0.15) is 5.82 Å². The molecule has 0 fully saturated rings. The molecule has 0 aliphatic heterocycles. The van der Waals surface area contributed by atoms with Crippen molar-refractivity contribution < 1.29 is 9.13 Å². The molecule has 0 saturated heterocycles. The van der Waals surface area contributed by atoms with Crippen molar-refractivity contribution in [3.8, 4) is 0 Å². The number of rotatable bonds is 3. The van der Waals surface area contributed by atoms with Gasteiger partial charge in [0.15, 0.2) is 0 Å². The van der Waals surface area contributed by atoms with Gasteiger partial charge in [-0.2, -0.15) is 0 Å². The predicted octanol–water partition coefficient (Wildman–Crippen LogP) is 3.10. The van der Waals surface area contributed by atoms with Crippen molar-refractivity contribution in [1.82, 2.24) is 0 Å². The summed E-state index contributed by atoms with van der Waals surface area (Å²) in [6.07, 6.45) is 0. The molecule has 0 amide bonds. The second-order valence-electron chi connectivity index (χ2n) is 3.44. The zero-order chi connectivity index (χ0) is 9.84. The largest absolute Gasteiger partial charge is 0.380 e. The van der Waals surface area contributed by atoms with Crippen LogP contribution < -0.4 is 0 Å². The molecule has 1 aromatic rings. The van der Waals surface area contributed by atoms with Gasteiger partial charge in [0.2, 0.25) is 0 Å². The second kappa shape index (κ2) is 4.38. The minimum atomic E-state index is -0.189. The van der Waals surface area contributed by atoms with E-state index in [0.29, 0.717) is 18.1 Å². The molecule has 1 rings (SSSR count). The van der Waals surface area contributed by atoms with Crippen LogP contribution in [-0.4, -0.2) is 7.11 Å². The van der Waals surface area contributed by atoms with E-state index >= 15 is 0 Å². The van der Waals surface area contributed by atoms with E-state index in [0.717, 1.165) is 5.56 Å². The van der Waals surface area contributed by atoms with Gasteiger partial charge in [0.25, 0.3) is 0 Å². The van der Waals surface area contributed by atoms with Gasteiger partial charge in [-0.05, 0) is 17.5 Å². The van der Waals surface area contributed by atoms with E-state index in [1.54, 1.807) is 7.11 Å². The fourth-order valence-electron chi connectivity index (χ4n) is 1.22. The Morgan fingerprint density at radius 1 is 1.38 bits per heavy atom. The molecular formula is C11H15FO. The Morgan fingerprint density at radius 2 is 2.08 bits per heavy atom. The summed E-state index contributed by atoms with van der Waals surface area (Å²) < 4.78 is 18.0. The van der Waals surface area contributed by atoms with Gasteiger partial charge in [-0.25, -0.2) is 4.39 Å². The topological polar surface area (TPSA) is 9.23 Å². The van der Waals surface area contributed by atoms with Crippen LogP contribution >= 0.6 is 0 Å². The van der Waals surface area contributed by atoms with Crippen LogP contribution in [0.15, 0.2) is 18.2 Å². The summed E-state index contributed by atoms with van der Waals surface area (Å²) in [7, 11) is 1.57. The van der Waals surface area contributed by atoms with Gasteiger partial charge in [-0.15, -0.1) is 0 Å². The molecule has 0 aromatic heterocycles. The summed E-state index contributed by atoms with van der Waals surface area (Å²) in [5.74, 6) is 0.238. The molecule has 0 unspecified atom stereocenters. The lowest BCUT2D eigenvalue weighted by atomic mass is 10.0. The lowest BCUT2D eigenvalue weighted by Crippen LogP contribution is -1.96. The fraction of sp³-hybridized carbons (Fsp3) is 0.455. The maximum Gasteiger partial charge on any atom is 0.128 e. The lowest BCUT2D eigenvalue weighted by Gasteiger charge is -2.08. The first-order valence-electron chi connectivity index (χ1n) is 4.42. The van der Waals surface area contributed by atoms with Crippen molar-refractivity contribution in [2.45, 2.75) is 26.4 Å². The summed E-state index contributed by atoms with van der Waals surface area (Å²) in [5.41, 5.74) is 1.78. The van der Waals surface area contributed by atoms with Crippen molar-refractivity contribution in [3.05, 3.63) is 35.1 Å². The molecular weight excluding hydrogens is 167 g/mol. The molecule has 1 aromatic carbocycles. The van der Waals surface area contributed by atoms with E-state index in [4.69, 9.17) is 4.74 Å². The normalized spacial score (nSPS) is 10.8. The second-order valence-corrected chi connectivity index (χ2v) is 3.44. The van der Waals surface area contributed by atoms with Gasteiger partial charge >= 0.3 is 0 Å². The maximum atomic E-state index is 13.1. The van der Waals surface area contributed by atoms with E-state index in [9.17, 15) is 4.39 Å². The molecule has 0 aliphatic carbocycles. The van der Waals surface area contributed by atoms with Crippen LogP contribution in [0.5, 0.6) is 0 Å². The Labute approximate surface area is 78.5 Å². The molecule has 0 saturated carbocycles. The average molecular weight is 182 g/mol. The average Bonchev–Trinajstić information content (AvgIpc) is 2.08. The molecule has 0 spiro atoms. The maximum absolute atomic E-state index is 13.1. The third kappa shape index (κ3) is 2.52. The van der Waals surface area contributed by atoms with E-state index in [1.807, 2.05) is 12.1 Å². The minimum Gasteiger partial charge on any atom is -0.380 e. The number of halogens is 1. The van der Waals surface area contributed by atoms with Crippen LogP contribution in [0.25, 0.3) is 0 Å². The van der Waals surface area contributed by atoms with Gasteiger partial charge in [-0.1, -0.05) is 26.0 Å². The number of hydrogen-bond donors (Lipinski definition) is 0. The van der Waals surface area contributed by atoms with Gasteiger partial charge in [-0.3, -0.25) is 0 Å². The SMILES string of the molecule is COCc1cc(C(C)C)ccc1F. The predicted molar refractivity (Wildman–Crippen MR) is 51.2 cm³/mol. The minimum absolute atomic E-state index is 0.189. The first-order valence-corrected chi connectivity index (χ1v) is 4.42. The third-order valence-corrected chi connectivity index (χ3v) is 2.04. The van der Waals surface area contributed by atoms with Crippen LogP contribution in [0.2, 0.25) is 0 Å². The van der Waals surface area contributed by atoms with Crippen LogP contribution in [0, 0.1) is 5.82 Å². The van der Waals surface area contributed by atoms with Crippen molar-refractivity contribution in [2.24, 2.45) is 0 Å². The van der Waals surface area contributed by atoms with E-state index in [1.165, 1.54) is 6.07 Å². The Bertz CT molecular complexity index is 281. The first-order chi connectivity index (χ1) is 6.15. The van der Waals surface area contributed by atoms with Crippen molar-refractivity contribution in [2.75, 3.05) is 7.11 Å². The lowest BCUT2D eigenvalue weighted by molar-refractivity contribution is 0.181. The van der Waals surface area contributed by atoms with Gasteiger partial charge in [0, 0.05) is 12.7 Å². The van der Waals surface area contributed by atoms with E-state index in [2.05, 4.69) is 13.8 Å². The number of benzene rings is 1. The summed E-state index contributed by atoms with van der Waals surface area (Å²) in [5, 5.41) is 0. The number of methoxy groups -OCH3 is 1. The van der Waals surface area contributed by atoms with Crippen LogP contribution in [0.4, 0.5) is 4.39 Å². The quantitative estimate of drug-likeness (QED) is 0.698. The van der Waals surface area contributed by atoms with Crippen LogP contribution in [-0.2, 0) is 11.3 Å². The molecule has 72 valence electrons. The standard InChI is InChI=1S/C11H15FO/c1-8(2)9-4-5-11(12)10(6-9)7-13-3/h4-6,8H,7H2,1-3H3. The highest BCUT2D eigenvalue weighted by Gasteiger charge is 2.05. The fourth-order valence-corrected chi connectivity index (χ4v) is 1.22. The zero-order valence-corrected chi connectivity index (χ0v) is 8.30. The summed E-state index contributed by atoms with van der Waals surface area (Å²) in [4.78, 5) is 0. The summed E-state index contributed by atoms with van der Waals surface area (Å²) in [6.45, 7) is 4.51. The Balaban J connectivity index is 2.97. The Kier molecular flexibility index (Phi) is 3.43. The van der Waals surface area contributed by atoms with E-state index in [-0.39, 0.29) is 5.82 Å². The molecule has 13 heavy (non-hydrogen) atoms. The molecule has 0 atom stereocenters. The monoisotopic (exact) mass is 182 g/mol. The van der Waals surface area contributed by atoms with E-state index < -0.39 is 0 Å². The summed E-state index contributed by atoms with van der Waals surface area (Å²) in [6, 6.07) is 5.19. The first kappa shape index (κ1) is 10.2. The molecule has 0 heterocycles. The molecule has 0 bridgehead atoms. The highest BCUT2D eigenvalue weighted by molar-refractivity contribution is 5.26. The zero-order valence-electron chi connectivity index (χ0n) is 8.30. The molecule has 0 radical (unpaired) electrons. The highest BCUT2D eigenvalue weighted by atomic mass is 19.1.